The molecule has 2 atom stereocenters. The first-order chi connectivity index (χ1) is 10.5. The largest absolute Gasteiger partial charge is 0.348 e. The average molecular weight is 303 g/mol. The number of piperidine rings is 1. The van der Waals surface area contributed by atoms with Crippen LogP contribution >= 0.6 is 0 Å². The number of benzene rings is 1. The molecule has 1 aliphatic rings. The van der Waals surface area contributed by atoms with Gasteiger partial charge in [0.05, 0.1) is 0 Å². The second-order valence-corrected chi connectivity index (χ2v) is 6.27. The number of carbonyl (C=O) groups excluding carboxylic acids is 2. The van der Waals surface area contributed by atoms with Gasteiger partial charge in [0.15, 0.2) is 0 Å². The predicted molar refractivity (Wildman–Crippen MR) is 87.8 cm³/mol. The molecule has 0 radical (unpaired) electrons. The molecule has 3 N–H and O–H groups in total. The lowest BCUT2D eigenvalue weighted by Gasteiger charge is -2.30. The molecular formula is C17H25N3O2. The van der Waals surface area contributed by atoms with E-state index in [0.29, 0.717) is 17.2 Å². The summed E-state index contributed by atoms with van der Waals surface area (Å²) >= 11 is 0. The summed E-state index contributed by atoms with van der Waals surface area (Å²) in [6.45, 7) is 7.68. The van der Waals surface area contributed by atoms with Gasteiger partial charge in [-0.1, -0.05) is 20.8 Å². The Kier molecular flexibility index (Phi) is 5.55. The van der Waals surface area contributed by atoms with E-state index in [9.17, 15) is 9.59 Å². The fourth-order valence-electron chi connectivity index (χ4n) is 2.43. The molecule has 5 nitrogen and oxygen atoms in total. The molecule has 2 rings (SSSR count). The Morgan fingerprint density at radius 2 is 1.91 bits per heavy atom. The highest BCUT2D eigenvalue weighted by Gasteiger charge is 2.22. The second kappa shape index (κ2) is 7.40. The molecule has 1 heterocycles. The lowest BCUT2D eigenvalue weighted by atomic mass is 9.94. The van der Waals surface area contributed by atoms with E-state index >= 15 is 0 Å². The predicted octanol–water partition coefficient (Wildman–Crippen LogP) is 2.01. The number of amides is 2. The molecule has 2 unspecified atom stereocenters. The zero-order chi connectivity index (χ0) is 16.1. The van der Waals surface area contributed by atoms with E-state index in [0.717, 1.165) is 19.5 Å². The quantitative estimate of drug-likeness (QED) is 0.797. The second-order valence-electron chi connectivity index (χ2n) is 6.27. The van der Waals surface area contributed by atoms with Gasteiger partial charge in [-0.05, 0) is 43.1 Å². The van der Waals surface area contributed by atoms with E-state index in [-0.39, 0.29) is 23.8 Å². The van der Waals surface area contributed by atoms with Gasteiger partial charge in [-0.25, -0.2) is 0 Å². The van der Waals surface area contributed by atoms with Gasteiger partial charge in [-0.15, -0.1) is 0 Å². The van der Waals surface area contributed by atoms with Crippen LogP contribution in [0, 0.1) is 11.8 Å². The van der Waals surface area contributed by atoms with Crippen LogP contribution in [0.4, 0.5) is 5.69 Å². The van der Waals surface area contributed by atoms with Crippen LogP contribution in [0.25, 0.3) is 0 Å². The SMILES string of the molecule is CC(C)C(=O)Nc1ccc(C(=O)NC2CNCCC2C)cc1. The molecular weight excluding hydrogens is 278 g/mol. The standard InChI is InChI=1S/C17H25N3O2/c1-11(2)16(21)19-14-6-4-13(5-7-14)17(22)20-15-10-18-9-8-12(15)3/h4-7,11-12,15,18H,8-10H2,1-3H3,(H,19,21)(H,20,22). The summed E-state index contributed by atoms with van der Waals surface area (Å²) < 4.78 is 0. The molecule has 1 saturated heterocycles. The third-order valence-corrected chi connectivity index (χ3v) is 4.08. The van der Waals surface area contributed by atoms with Crippen molar-refractivity contribution in [3.63, 3.8) is 0 Å². The van der Waals surface area contributed by atoms with E-state index < -0.39 is 0 Å². The maximum atomic E-state index is 12.3. The monoisotopic (exact) mass is 303 g/mol. The summed E-state index contributed by atoms with van der Waals surface area (Å²) in [5.41, 5.74) is 1.32. The van der Waals surface area contributed by atoms with Crippen molar-refractivity contribution in [3.8, 4) is 0 Å². The average Bonchev–Trinajstić information content (AvgIpc) is 2.50. The van der Waals surface area contributed by atoms with E-state index in [1.54, 1.807) is 24.3 Å². The van der Waals surface area contributed by atoms with Gasteiger partial charge < -0.3 is 16.0 Å². The Morgan fingerprint density at radius 3 is 2.50 bits per heavy atom. The fourth-order valence-corrected chi connectivity index (χ4v) is 2.43. The highest BCUT2D eigenvalue weighted by atomic mass is 16.2. The van der Waals surface area contributed by atoms with Crippen LogP contribution in [0.15, 0.2) is 24.3 Å². The van der Waals surface area contributed by atoms with Crippen LogP contribution in [0.1, 0.15) is 37.6 Å². The van der Waals surface area contributed by atoms with Crippen molar-refractivity contribution in [1.82, 2.24) is 10.6 Å². The first kappa shape index (κ1) is 16.5. The molecule has 2 amide bonds. The van der Waals surface area contributed by atoms with E-state index in [1.807, 2.05) is 13.8 Å². The summed E-state index contributed by atoms with van der Waals surface area (Å²) in [7, 11) is 0. The molecule has 0 aromatic heterocycles. The highest BCUT2D eigenvalue weighted by Crippen LogP contribution is 2.14. The molecule has 0 spiro atoms. The summed E-state index contributed by atoms with van der Waals surface area (Å²) in [6.07, 6.45) is 1.07. The maximum Gasteiger partial charge on any atom is 0.251 e. The first-order valence-electron chi connectivity index (χ1n) is 7.90. The topological polar surface area (TPSA) is 70.2 Å². The van der Waals surface area contributed by atoms with Crippen molar-refractivity contribution in [3.05, 3.63) is 29.8 Å². The zero-order valence-electron chi connectivity index (χ0n) is 13.5. The van der Waals surface area contributed by atoms with Crippen molar-refractivity contribution in [1.29, 1.82) is 0 Å². The van der Waals surface area contributed by atoms with Crippen LogP contribution in [-0.4, -0.2) is 30.9 Å². The minimum Gasteiger partial charge on any atom is -0.348 e. The zero-order valence-corrected chi connectivity index (χ0v) is 13.5. The Morgan fingerprint density at radius 1 is 1.23 bits per heavy atom. The van der Waals surface area contributed by atoms with E-state index in [1.165, 1.54) is 0 Å². The molecule has 22 heavy (non-hydrogen) atoms. The molecule has 0 bridgehead atoms. The van der Waals surface area contributed by atoms with Gasteiger partial charge in [0.1, 0.15) is 0 Å². The molecule has 1 aromatic carbocycles. The van der Waals surface area contributed by atoms with Crippen molar-refractivity contribution >= 4 is 17.5 Å². The summed E-state index contributed by atoms with van der Waals surface area (Å²) in [5.74, 6) is 0.319. The Bertz CT molecular complexity index is 525. The smallest absolute Gasteiger partial charge is 0.251 e. The minimum atomic E-state index is -0.0673. The molecule has 1 aromatic rings. The van der Waals surface area contributed by atoms with Crippen molar-refractivity contribution in [2.24, 2.45) is 11.8 Å². The van der Waals surface area contributed by atoms with Gasteiger partial charge in [-0.2, -0.15) is 0 Å². The third kappa shape index (κ3) is 4.31. The molecule has 0 saturated carbocycles. The Labute approximate surface area is 131 Å². The van der Waals surface area contributed by atoms with Gasteiger partial charge in [0.25, 0.3) is 5.91 Å². The van der Waals surface area contributed by atoms with Gasteiger partial charge in [0.2, 0.25) is 5.91 Å². The molecule has 1 aliphatic heterocycles. The van der Waals surface area contributed by atoms with Crippen molar-refractivity contribution < 1.29 is 9.59 Å². The Balaban J connectivity index is 1.94. The van der Waals surface area contributed by atoms with Crippen molar-refractivity contribution in [2.75, 3.05) is 18.4 Å². The van der Waals surface area contributed by atoms with Crippen LogP contribution < -0.4 is 16.0 Å². The number of hydrogen-bond acceptors (Lipinski definition) is 3. The maximum absolute atomic E-state index is 12.3. The Hall–Kier alpha value is -1.88. The number of hydrogen-bond donors (Lipinski definition) is 3. The van der Waals surface area contributed by atoms with Crippen molar-refractivity contribution in [2.45, 2.75) is 33.2 Å². The lowest BCUT2D eigenvalue weighted by Crippen LogP contribution is -2.50. The summed E-state index contributed by atoms with van der Waals surface area (Å²) in [4.78, 5) is 23.9. The number of anilines is 1. The van der Waals surface area contributed by atoms with Crippen LogP contribution in [0.3, 0.4) is 0 Å². The first-order valence-corrected chi connectivity index (χ1v) is 7.90. The van der Waals surface area contributed by atoms with E-state index in [4.69, 9.17) is 0 Å². The van der Waals surface area contributed by atoms with Gasteiger partial charge >= 0.3 is 0 Å². The van der Waals surface area contributed by atoms with E-state index in [2.05, 4.69) is 22.9 Å². The van der Waals surface area contributed by atoms with Crippen LogP contribution in [-0.2, 0) is 4.79 Å². The molecule has 0 aliphatic carbocycles. The third-order valence-electron chi connectivity index (χ3n) is 4.08. The molecule has 120 valence electrons. The van der Waals surface area contributed by atoms with Gasteiger partial charge in [0, 0.05) is 29.8 Å². The number of carbonyl (C=O) groups is 2. The fraction of sp³-hybridized carbons (Fsp3) is 0.529. The molecule has 1 fully saturated rings. The minimum absolute atomic E-state index is 0.0284. The summed E-state index contributed by atoms with van der Waals surface area (Å²) in [5, 5.41) is 9.19. The number of nitrogens with one attached hydrogen (secondary N) is 3. The number of rotatable bonds is 4. The summed E-state index contributed by atoms with van der Waals surface area (Å²) in [6, 6.07) is 7.18. The molecule has 5 heteroatoms. The normalized spacial score (nSPS) is 21.5. The van der Waals surface area contributed by atoms with Gasteiger partial charge in [-0.3, -0.25) is 9.59 Å². The van der Waals surface area contributed by atoms with Crippen LogP contribution in [0.2, 0.25) is 0 Å². The van der Waals surface area contributed by atoms with Crippen LogP contribution in [0.5, 0.6) is 0 Å². The highest BCUT2D eigenvalue weighted by molar-refractivity contribution is 5.96. The lowest BCUT2D eigenvalue weighted by molar-refractivity contribution is -0.118.